The van der Waals surface area contributed by atoms with Crippen molar-refractivity contribution in [3.05, 3.63) is 66.4 Å². The number of aromatic amines is 1. The molecule has 1 fully saturated rings. The molecule has 3 aromatic rings. The summed E-state index contributed by atoms with van der Waals surface area (Å²) >= 11 is 1.60. The Morgan fingerprint density at radius 2 is 1.92 bits per heavy atom. The van der Waals surface area contributed by atoms with E-state index in [1.807, 2.05) is 48.7 Å². The summed E-state index contributed by atoms with van der Waals surface area (Å²) < 4.78 is 0. The first-order valence-electron chi connectivity index (χ1n) is 8.05. The number of benzene rings is 2. The van der Waals surface area contributed by atoms with Crippen LogP contribution in [-0.2, 0) is 4.79 Å². The van der Waals surface area contributed by atoms with Crippen LogP contribution in [0.15, 0.2) is 60.8 Å². The molecule has 0 saturated carbocycles. The van der Waals surface area contributed by atoms with E-state index in [9.17, 15) is 9.59 Å². The molecule has 25 heavy (non-hydrogen) atoms. The van der Waals surface area contributed by atoms with Crippen molar-refractivity contribution in [2.45, 2.75) is 6.04 Å². The molecule has 2 N–H and O–H groups in total. The molecule has 2 heterocycles. The van der Waals surface area contributed by atoms with E-state index in [4.69, 9.17) is 0 Å². The molecule has 1 aromatic heterocycles. The maximum absolute atomic E-state index is 12.8. The molecule has 1 aliphatic rings. The van der Waals surface area contributed by atoms with Gasteiger partial charge in [0.05, 0.1) is 11.6 Å². The SMILES string of the molecule is O=C(Nc1cccc2[nH]ccc12)C1CSCN1C(=O)c1ccccc1. The fourth-order valence-electron chi connectivity index (χ4n) is 3.02. The molecule has 4 rings (SSSR count). The number of anilines is 1. The van der Waals surface area contributed by atoms with Gasteiger partial charge < -0.3 is 15.2 Å². The normalized spacial score (nSPS) is 17.0. The Morgan fingerprint density at radius 3 is 2.76 bits per heavy atom. The third kappa shape index (κ3) is 3.00. The van der Waals surface area contributed by atoms with E-state index in [1.54, 1.807) is 28.8 Å². The molecule has 2 amide bonds. The molecule has 0 bridgehead atoms. The van der Waals surface area contributed by atoms with Crippen molar-refractivity contribution >= 4 is 40.2 Å². The van der Waals surface area contributed by atoms with Crippen LogP contribution in [0.3, 0.4) is 0 Å². The number of nitrogens with one attached hydrogen (secondary N) is 2. The Bertz CT molecular complexity index is 923. The summed E-state index contributed by atoms with van der Waals surface area (Å²) in [6.45, 7) is 0. The molecule has 1 atom stereocenters. The standard InChI is InChI=1S/C19H17N3O2S/c23-18(21-16-8-4-7-15-14(16)9-10-20-15)17-11-25-12-22(17)19(24)13-5-2-1-3-6-13/h1-10,17,20H,11-12H2,(H,21,23). The fraction of sp³-hybridized carbons (Fsp3) is 0.158. The number of hydrogen-bond donors (Lipinski definition) is 2. The summed E-state index contributed by atoms with van der Waals surface area (Å²) in [7, 11) is 0. The fourth-order valence-corrected chi connectivity index (χ4v) is 4.17. The van der Waals surface area contributed by atoms with E-state index in [-0.39, 0.29) is 11.8 Å². The first kappa shape index (κ1) is 15.8. The van der Waals surface area contributed by atoms with Gasteiger partial charge in [0.2, 0.25) is 5.91 Å². The Morgan fingerprint density at radius 1 is 1.08 bits per heavy atom. The van der Waals surface area contributed by atoms with Crippen LogP contribution in [0.1, 0.15) is 10.4 Å². The topological polar surface area (TPSA) is 65.2 Å². The van der Waals surface area contributed by atoms with E-state index in [0.29, 0.717) is 17.2 Å². The number of amides is 2. The summed E-state index contributed by atoms with van der Waals surface area (Å²) in [5.41, 5.74) is 2.33. The summed E-state index contributed by atoms with van der Waals surface area (Å²) in [5, 5.41) is 3.94. The largest absolute Gasteiger partial charge is 0.361 e. The molecule has 1 aliphatic heterocycles. The van der Waals surface area contributed by atoms with E-state index in [0.717, 1.165) is 16.6 Å². The van der Waals surface area contributed by atoms with Gasteiger partial charge in [-0.1, -0.05) is 24.3 Å². The van der Waals surface area contributed by atoms with Crippen LogP contribution in [0.25, 0.3) is 10.9 Å². The second-order valence-electron chi connectivity index (χ2n) is 5.89. The number of rotatable bonds is 3. The summed E-state index contributed by atoms with van der Waals surface area (Å²) in [6.07, 6.45) is 1.84. The number of aromatic nitrogens is 1. The van der Waals surface area contributed by atoms with E-state index < -0.39 is 6.04 Å². The molecule has 5 nitrogen and oxygen atoms in total. The summed E-state index contributed by atoms with van der Waals surface area (Å²) in [5.74, 6) is 0.877. The highest BCUT2D eigenvalue weighted by molar-refractivity contribution is 7.99. The molecule has 1 saturated heterocycles. The Labute approximate surface area is 149 Å². The third-order valence-electron chi connectivity index (χ3n) is 4.32. The minimum Gasteiger partial charge on any atom is -0.361 e. The highest BCUT2D eigenvalue weighted by Gasteiger charge is 2.35. The lowest BCUT2D eigenvalue weighted by Gasteiger charge is -2.23. The number of fused-ring (bicyclic) bond motifs is 1. The molecular weight excluding hydrogens is 334 g/mol. The van der Waals surface area contributed by atoms with Gasteiger partial charge in [-0.05, 0) is 30.3 Å². The van der Waals surface area contributed by atoms with Gasteiger partial charge >= 0.3 is 0 Å². The van der Waals surface area contributed by atoms with Crippen LogP contribution in [0.4, 0.5) is 5.69 Å². The number of thioether (sulfide) groups is 1. The van der Waals surface area contributed by atoms with Gasteiger partial charge in [0.15, 0.2) is 0 Å². The molecular formula is C19H17N3O2S. The molecule has 0 radical (unpaired) electrons. The van der Waals surface area contributed by atoms with E-state index in [1.165, 1.54) is 0 Å². The van der Waals surface area contributed by atoms with Crippen molar-refractivity contribution in [2.24, 2.45) is 0 Å². The predicted octanol–water partition coefficient (Wildman–Crippen LogP) is 3.32. The van der Waals surface area contributed by atoms with Crippen LogP contribution in [0, 0.1) is 0 Å². The molecule has 6 heteroatoms. The molecule has 0 spiro atoms. The lowest BCUT2D eigenvalue weighted by atomic mass is 10.1. The van der Waals surface area contributed by atoms with Gasteiger partial charge in [-0.2, -0.15) is 0 Å². The number of carbonyl (C=O) groups is 2. The van der Waals surface area contributed by atoms with Crippen molar-refractivity contribution in [1.29, 1.82) is 0 Å². The Kier molecular flexibility index (Phi) is 4.19. The van der Waals surface area contributed by atoms with Gasteiger partial charge in [0, 0.05) is 28.4 Å². The van der Waals surface area contributed by atoms with Crippen LogP contribution < -0.4 is 5.32 Å². The second-order valence-corrected chi connectivity index (χ2v) is 6.89. The number of carbonyl (C=O) groups excluding carboxylic acids is 2. The highest BCUT2D eigenvalue weighted by atomic mass is 32.2. The average Bonchev–Trinajstić information content (AvgIpc) is 3.31. The van der Waals surface area contributed by atoms with Crippen molar-refractivity contribution in [3.63, 3.8) is 0 Å². The van der Waals surface area contributed by atoms with E-state index >= 15 is 0 Å². The van der Waals surface area contributed by atoms with Crippen LogP contribution in [-0.4, -0.2) is 39.4 Å². The molecule has 0 aliphatic carbocycles. The van der Waals surface area contributed by atoms with Gasteiger partial charge in [-0.3, -0.25) is 9.59 Å². The number of hydrogen-bond acceptors (Lipinski definition) is 3. The number of nitrogens with zero attached hydrogens (tertiary/aromatic N) is 1. The summed E-state index contributed by atoms with van der Waals surface area (Å²) in [4.78, 5) is 30.3. The van der Waals surface area contributed by atoms with Crippen molar-refractivity contribution in [1.82, 2.24) is 9.88 Å². The quantitative estimate of drug-likeness (QED) is 0.761. The lowest BCUT2D eigenvalue weighted by Crippen LogP contribution is -2.44. The zero-order chi connectivity index (χ0) is 17.2. The van der Waals surface area contributed by atoms with Gasteiger partial charge in [0.1, 0.15) is 6.04 Å². The van der Waals surface area contributed by atoms with Gasteiger partial charge in [-0.25, -0.2) is 0 Å². The smallest absolute Gasteiger partial charge is 0.255 e. The third-order valence-corrected chi connectivity index (χ3v) is 5.33. The Hall–Kier alpha value is -2.73. The maximum Gasteiger partial charge on any atom is 0.255 e. The van der Waals surface area contributed by atoms with Crippen molar-refractivity contribution in [2.75, 3.05) is 16.9 Å². The zero-order valence-electron chi connectivity index (χ0n) is 13.4. The average molecular weight is 351 g/mol. The maximum atomic E-state index is 12.8. The van der Waals surface area contributed by atoms with Gasteiger partial charge in [-0.15, -0.1) is 11.8 Å². The van der Waals surface area contributed by atoms with Crippen molar-refractivity contribution < 1.29 is 9.59 Å². The minimum atomic E-state index is -0.466. The van der Waals surface area contributed by atoms with Crippen LogP contribution >= 0.6 is 11.8 Å². The van der Waals surface area contributed by atoms with Gasteiger partial charge in [0.25, 0.3) is 5.91 Å². The highest BCUT2D eigenvalue weighted by Crippen LogP contribution is 2.26. The molecule has 126 valence electrons. The van der Waals surface area contributed by atoms with Crippen LogP contribution in [0.5, 0.6) is 0 Å². The first-order chi connectivity index (χ1) is 12.2. The molecule has 1 unspecified atom stereocenters. The monoisotopic (exact) mass is 351 g/mol. The minimum absolute atomic E-state index is 0.106. The lowest BCUT2D eigenvalue weighted by molar-refractivity contribution is -0.119. The molecule has 2 aromatic carbocycles. The Balaban J connectivity index is 1.55. The number of H-pyrrole nitrogens is 1. The predicted molar refractivity (Wildman–Crippen MR) is 101 cm³/mol. The van der Waals surface area contributed by atoms with Crippen molar-refractivity contribution in [3.8, 4) is 0 Å². The summed E-state index contributed by atoms with van der Waals surface area (Å²) in [6, 6.07) is 16.3. The zero-order valence-corrected chi connectivity index (χ0v) is 14.3. The first-order valence-corrected chi connectivity index (χ1v) is 9.20. The van der Waals surface area contributed by atoms with Crippen LogP contribution in [0.2, 0.25) is 0 Å². The van der Waals surface area contributed by atoms with E-state index in [2.05, 4.69) is 10.3 Å². The second kappa shape index (κ2) is 6.64.